The van der Waals surface area contributed by atoms with E-state index in [1.54, 1.807) is 7.11 Å². The van der Waals surface area contributed by atoms with Gasteiger partial charge < -0.3 is 10.1 Å². The highest BCUT2D eigenvalue weighted by Gasteiger charge is 2.33. The molecule has 0 bridgehead atoms. The van der Waals surface area contributed by atoms with Crippen LogP contribution in [0.5, 0.6) is 0 Å². The molecule has 1 saturated carbocycles. The van der Waals surface area contributed by atoms with Crippen LogP contribution in [-0.4, -0.2) is 40.0 Å². The van der Waals surface area contributed by atoms with Gasteiger partial charge in [0.2, 0.25) is 0 Å². The topological polar surface area (TPSA) is 64.9 Å². The van der Waals surface area contributed by atoms with Gasteiger partial charge in [0.15, 0.2) is 5.82 Å². The number of tetrazole rings is 1. The first kappa shape index (κ1) is 11.5. The van der Waals surface area contributed by atoms with Crippen molar-refractivity contribution in [3.05, 3.63) is 5.82 Å². The SMILES string of the molecule is CCNC(C)c1nnnn1C1CC(OC)C1. The second kappa shape index (κ2) is 4.88. The lowest BCUT2D eigenvalue weighted by atomic mass is 9.89. The van der Waals surface area contributed by atoms with Gasteiger partial charge >= 0.3 is 0 Å². The molecule has 6 heteroatoms. The summed E-state index contributed by atoms with van der Waals surface area (Å²) in [4.78, 5) is 0. The van der Waals surface area contributed by atoms with Gasteiger partial charge in [-0.1, -0.05) is 6.92 Å². The van der Waals surface area contributed by atoms with E-state index >= 15 is 0 Å². The van der Waals surface area contributed by atoms with E-state index in [9.17, 15) is 0 Å². The number of hydrogen-bond donors (Lipinski definition) is 1. The van der Waals surface area contributed by atoms with Crippen molar-refractivity contribution in [3.63, 3.8) is 0 Å². The lowest BCUT2D eigenvalue weighted by molar-refractivity contribution is 0.000631. The largest absolute Gasteiger partial charge is 0.381 e. The van der Waals surface area contributed by atoms with Gasteiger partial charge in [0.05, 0.1) is 18.2 Å². The Bertz CT molecular complexity index is 334. The van der Waals surface area contributed by atoms with Gasteiger partial charge in [-0.2, -0.15) is 0 Å². The minimum absolute atomic E-state index is 0.196. The average Bonchev–Trinajstić information content (AvgIpc) is 2.65. The quantitative estimate of drug-likeness (QED) is 0.799. The Morgan fingerprint density at radius 2 is 2.31 bits per heavy atom. The van der Waals surface area contributed by atoms with Crippen molar-refractivity contribution in [1.82, 2.24) is 25.5 Å². The van der Waals surface area contributed by atoms with E-state index in [-0.39, 0.29) is 6.04 Å². The van der Waals surface area contributed by atoms with Crippen molar-refractivity contribution in [2.45, 2.75) is 44.9 Å². The monoisotopic (exact) mass is 225 g/mol. The van der Waals surface area contributed by atoms with E-state index in [1.807, 2.05) is 4.68 Å². The molecule has 1 heterocycles. The summed E-state index contributed by atoms with van der Waals surface area (Å²) in [5.41, 5.74) is 0. The second-order valence-corrected chi connectivity index (χ2v) is 4.24. The minimum atomic E-state index is 0.196. The second-order valence-electron chi connectivity index (χ2n) is 4.24. The van der Waals surface area contributed by atoms with Crippen LogP contribution in [0.1, 0.15) is 44.6 Å². The highest BCUT2D eigenvalue weighted by Crippen LogP contribution is 2.34. The summed E-state index contributed by atoms with van der Waals surface area (Å²) in [6.07, 6.45) is 2.39. The number of nitrogens with zero attached hydrogens (tertiary/aromatic N) is 4. The first-order valence-electron chi connectivity index (χ1n) is 5.80. The molecule has 0 aliphatic heterocycles. The molecule has 1 aromatic heterocycles. The first-order valence-corrected chi connectivity index (χ1v) is 5.80. The van der Waals surface area contributed by atoms with E-state index < -0.39 is 0 Å². The predicted octanol–water partition coefficient (Wildman–Crippen LogP) is 0.693. The van der Waals surface area contributed by atoms with E-state index in [2.05, 4.69) is 34.7 Å². The highest BCUT2D eigenvalue weighted by molar-refractivity contribution is 4.95. The van der Waals surface area contributed by atoms with Crippen molar-refractivity contribution >= 4 is 0 Å². The third-order valence-corrected chi connectivity index (χ3v) is 3.17. The number of hydrogen-bond acceptors (Lipinski definition) is 5. The lowest BCUT2D eigenvalue weighted by Gasteiger charge is -2.34. The zero-order valence-electron chi connectivity index (χ0n) is 10.1. The molecule has 16 heavy (non-hydrogen) atoms. The molecule has 2 rings (SSSR count). The molecule has 1 atom stereocenters. The van der Waals surface area contributed by atoms with Crippen LogP contribution in [-0.2, 0) is 4.74 Å². The molecule has 6 nitrogen and oxygen atoms in total. The Labute approximate surface area is 95.4 Å². The van der Waals surface area contributed by atoms with Gasteiger partial charge in [0.25, 0.3) is 0 Å². The maximum absolute atomic E-state index is 5.26. The summed E-state index contributed by atoms with van der Waals surface area (Å²) in [5, 5.41) is 15.2. The van der Waals surface area contributed by atoms with Crippen molar-refractivity contribution in [2.75, 3.05) is 13.7 Å². The van der Waals surface area contributed by atoms with Crippen molar-refractivity contribution < 1.29 is 4.74 Å². The molecule has 0 radical (unpaired) electrons. The molecule has 90 valence electrons. The third-order valence-electron chi connectivity index (χ3n) is 3.17. The van der Waals surface area contributed by atoms with Crippen molar-refractivity contribution in [3.8, 4) is 0 Å². The van der Waals surface area contributed by atoms with Gasteiger partial charge in [-0.15, -0.1) is 5.10 Å². The Kier molecular flexibility index (Phi) is 3.50. The zero-order chi connectivity index (χ0) is 11.5. The highest BCUT2D eigenvalue weighted by atomic mass is 16.5. The van der Waals surface area contributed by atoms with E-state index in [0.29, 0.717) is 12.1 Å². The standard InChI is InChI=1S/C10H19N5O/c1-4-11-7(2)10-12-13-14-15(10)8-5-9(6-8)16-3/h7-9,11H,4-6H2,1-3H3. The number of ether oxygens (including phenoxy) is 1. The summed E-state index contributed by atoms with van der Waals surface area (Å²) >= 11 is 0. The van der Waals surface area contributed by atoms with Gasteiger partial charge in [0, 0.05) is 7.11 Å². The van der Waals surface area contributed by atoms with Crippen LogP contribution in [0, 0.1) is 0 Å². The Morgan fingerprint density at radius 1 is 1.56 bits per heavy atom. The van der Waals surface area contributed by atoms with E-state index in [0.717, 1.165) is 25.2 Å². The summed E-state index contributed by atoms with van der Waals surface area (Å²) in [6, 6.07) is 0.595. The third kappa shape index (κ3) is 2.08. The van der Waals surface area contributed by atoms with Crippen molar-refractivity contribution in [1.29, 1.82) is 0 Å². The molecule has 1 aliphatic rings. The van der Waals surface area contributed by atoms with Crippen molar-refractivity contribution in [2.24, 2.45) is 0 Å². The molecular weight excluding hydrogens is 206 g/mol. The van der Waals surface area contributed by atoms with Gasteiger partial charge in [0.1, 0.15) is 0 Å². The molecule has 0 amide bonds. The summed E-state index contributed by atoms with van der Waals surface area (Å²) in [6.45, 7) is 5.08. The molecule has 1 fully saturated rings. The normalized spacial score (nSPS) is 26.4. The van der Waals surface area contributed by atoms with Gasteiger partial charge in [-0.25, -0.2) is 4.68 Å². The molecule has 1 aromatic rings. The van der Waals surface area contributed by atoms with Crippen LogP contribution in [0.4, 0.5) is 0 Å². The van der Waals surface area contributed by atoms with Crippen LogP contribution < -0.4 is 5.32 Å². The fourth-order valence-corrected chi connectivity index (χ4v) is 2.07. The molecule has 1 N–H and O–H groups in total. The van der Waals surface area contributed by atoms with Crippen LogP contribution >= 0.6 is 0 Å². The van der Waals surface area contributed by atoms with Crippen LogP contribution in [0.25, 0.3) is 0 Å². The summed E-state index contributed by atoms with van der Waals surface area (Å²) in [5.74, 6) is 0.918. The molecule has 0 saturated heterocycles. The number of rotatable bonds is 5. The van der Waals surface area contributed by atoms with Crippen LogP contribution in [0.3, 0.4) is 0 Å². The molecule has 0 spiro atoms. The lowest BCUT2D eigenvalue weighted by Crippen LogP contribution is -2.35. The van der Waals surface area contributed by atoms with E-state index in [1.165, 1.54) is 0 Å². The summed E-state index contributed by atoms with van der Waals surface area (Å²) in [7, 11) is 1.75. The first-order chi connectivity index (χ1) is 7.76. The number of aromatic nitrogens is 4. The van der Waals surface area contributed by atoms with Gasteiger partial charge in [-0.3, -0.25) is 0 Å². The maximum atomic E-state index is 5.26. The molecular formula is C10H19N5O. The smallest absolute Gasteiger partial charge is 0.168 e. The molecule has 1 unspecified atom stereocenters. The van der Waals surface area contributed by atoms with Crippen LogP contribution in [0.2, 0.25) is 0 Å². The number of nitrogens with one attached hydrogen (secondary N) is 1. The Hall–Kier alpha value is -1.01. The van der Waals surface area contributed by atoms with E-state index in [4.69, 9.17) is 4.74 Å². The maximum Gasteiger partial charge on any atom is 0.168 e. The Morgan fingerprint density at radius 3 is 2.94 bits per heavy atom. The fourth-order valence-electron chi connectivity index (χ4n) is 2.07. The minimum Gasteiger partial charge on any atom is -0.381 e. The molecule has 0 aromatic carbocycles. The fraction of sp³-hybridized carbons (Fsp3) is 0.900. The van der Waals surface area contributed by atoms with Gasteiger partial charge in [-0.05, 0) is 36.7 Å². The Balaban J connectivity index is 2.02. The molecule has 1 aliphatic carbocycles. The van der Waals surface area contributed by atoms with Crippen LogP contribution in [0.15, 0.2) is 0 Å². The predicted molar refractivity (Wildman–Crippen MR) is 59.0 cm³/mol. The zero-order valence-corrected chi connectivity index (χ0v) is 10.1. The average molecular weight is 225 g/mol. The summed E-state index contributed by atoms with van der Waals surface area (Å²) < 4.78 is 7.20. The number of methoxy groups -OCH3 is 1.